The first-order valence-corrected chi connectivity index (χ1v) is 11.5. The highest BCUT2D eigenvalue weighted by Gasteiger charge is 2.67. The third-order valence-corrected chi connectivity index (χ3v) is 7.99. The maximum atomic E-state index is 13.7. The topological polar surface area (TPSA) is 66.5 Å². The van der Waals surface area contributed by atoms with E-state index < -0.39 is 6.04 Å². The van der Waals surface area contributed by atoms with E-state index in [-0.39, 0.29) is 41.4 Å². The Morgan fingerprint density at radius 1 is 0.938 bits per heavy atom. The number of imide groups is 1. The van der Waals surface area contributed by atoms with Crippen LogP contribution in [0.4, 0.5) is 5.69 Å². The van der Waals surface area contributed by atoms with Gasteiger partial charge in [0.15, 0.2) is 0 Å². The Balaban J connectivity index is 1.34. The SMILES string of the molecule is Cc1ccccc1NC(=O)[C@H](Cc1ccccc1)N1C(=O)[C@@H]2[C@@H]3C=C[C@H]([C@H]4C[C@H]34)[C@@H]2C1=O. The van der Waals surface area contributed by atoms with Crippen molar-refractivity contribution in [3.05, 3.63) is 77.9 Å². The predicted octanol–water partition coefficient (Wildman–Crippen LogP) is 3.60. The smallest absolute Gasteiger partial charge is 0.248 e. The molecule has 0 radical (unpaired) electrons. The summed E-state index contributed by atoms with van der Waals surface area (Å²) in [5, 5.41) is 2.98. The molecule has 4 aliphatic carbocycles. The van der Waals surface area contributed by atoms with Crippen molar-refractivity contribution in [1.29, 1.82) is 0 Å². The Morgan fingerprint density at radius 2 is 1.53 bits per heavy atom. The molecule has 1 aliphatic heterocycles. The Kier molecular flexibility index (Phi) is 4.36. The van der Waals surface area contributed by atoms with Crippen molar-refractivity contribution >= 4 is 23.4 Å². The molecule has 1 saturated heterocycles. The van der Waals surface area contributed by atoms with E-state index in [4.69, 9.17) is 0 Å². The summed E-state index contributed by atoms with van der Waals surface area (Å²) in [4.78, 5) is 42.1. The summed E-state index contributed by atoms with van der Waals surface area (Å²) >= 11 is 0. The van der Waals surface area contributed by atoms with Crippen LogP contribution in [0.5, 0.6) is 0 Å². The van der Waals surface area contributed by atoms with E-state index in [9.17, 15) is 14.4 Å². The van der Waals surface area contributed by atoms with Crippen LogP contribution in [-0.4, -0.2) is 28.7 Å². The summed E-state index contributed by atoms with van der Waals surface area (Å²) in [6.07, 6.45) is 5.75. The van der Waals surface area contributed by atoms with Crippen molar-refractivity contribution < 1.29 is 14.4 Å². The van der Waals surface area contributed by atoms with E-state index >= 15 is 0 Å². The standard InChI is InChI=1S/C27H26N2O3/c1-15-7-5-6-10-21(15)28-25(30)22(13-16-8-3-2-4-9-16)29-26(31)23-17-11-12-18(20-14-19(17)20)24(23)27(29)32/h2-12,17-20,22-24H,13-14H2,1H3,(H,28,30)/t17-,18-,19-,20-,22+,23-,24+/m1/s1. The second-order valence-corrected chi connectivity index (χ2v) is 9.71. The van der Waals surface area contributed by atoms with Crippen LogP contribution in [0, 0.1) is 42.4 Å². The number of anilines is 1. The third-order valence-electron chi connectivity index (χ3n) is 7.99. The van der Waals surface area contributed by atoms with E-state index in [1.165, 1.54) is 4.90 Å². The summed E-state index contributed by atoms with van der Waals surface area (Å²) in [5.74, 6) is 0.135. The number of nitrogens with zero attached hydrogens (tertiary/aromatic N) is 1. The predicted molar refractivity (Wildman–Crippen MR) is 120 cm³/mol. The van der Waals surface area contributed by atoms with Crippen molar-refractivity contribution in [3.8, 4) is 0 Å². The minimum Gasteiger partial charge on any atom is -0.324 e. The van der Waals surface area contributed by atoms with E-state index in [0.717, 1.165) is 17.5 Å². The number of likely N-dealkylation sites (tertiary alicyclic amines) is 1. The van der Waals surface area contributed by atoms with Gasteiger partial charge in [0.25, 0.3) is 0 Å². The van der Waals surface area contributed by atoms with Gasteiger partial charge in [-0.25, -0.2) is 0 Å². The van der Waals surface area contributed by atoms with Crippen LogP contribution in [-0.2, 0) is 20.8 Å². The highest BCUT2D eigenvalue weighted by molar-refractivity contribution is 6.10. The summed E-state index contributed by atoms with van der Waals surface area (Å²) in [5.41, 5.74) is 2.57. The summed E-state index contributed by atoms with van der Waals surface area (Å²) < 4.78 is 0. The largest absolute Gasteiger partial charge is 0.324 e. The fourth-order valence-electron chi connectivity index (χ4n) is 6.35. The maximum Gasteiger partial charge on any atom is 0.248 e. The Morgan fingerprint density at radius 3 is 2.16 bits per heavy atom. The Labute approximate surface area is 187 Å². The highest BCUT2D eigenvalue weighted by atomic mass is 16.2. The molecule has 2 aromatic rings. The van der Waals surface area contributed by atoms with Crippen molar-refractivity contribution in [3.63, 3.8) is 0 Å². The summed E-state index contributed by atoms with van der Waals surface area (Å²) in [6, 6.07) is 16.3. The minimum atomic E-state index is -0.863. The number of aryl methyl sites for hydroxylation is 1. The molecule has 0 unspecified atom stereocenters. The minimum absolute atomic E-state index is 0.147. The van der Waals surface area contributed by atoms with Gasteiger partial charge in [-0.15, -0.1) is 0 Å². The number of allylic oxidation sites excluding steroid dienone is 2. The number of nitrogens with one attached hydrogen (secondary N) is 1. The molecule has 5 heteroatoms. The lowest BCUT2D eigenvalue weighted by Crippen LogP contribution is -2.49. The van der Waals surface area contributed by atoms with Crippen LogP contribution >= 0.6 is 0 Å². The molecule has 0 spiro atoms. The highest BCUT2D eigenvalue weighted by Crippen LogP contribution is 2.65. The van der Waals surface area contributed by atoms with Crippen LogP contribution < -0.4 is 5.32 Å². The molecule has 7 atom stereocenters. The molecule has 7 rings (SSSR count). The van der Waals surface area contributed by atoms with Crippen molar-refractivity contribution in [1.82, 2.24) is 4.90 Å². The lowest BCUT2D eigenvalue weighted by atomic mass is 9.63. The van der Waals surface area contributed by atoms with E-state index in [0.29, 0.717) is 23.9 Å². The first kappa shape index (κ1) is 19.5. The molecule has 5 nitrogen and oxygen atoms in total. The zero-order chi connectivity index (χ0) is 22.0. The van der Waals surface area contributed by atoms with Gasteiger partial charge in [0.2, 0.25) is 17.7 Å². The fraction of sp³-hybridized carbons (Fsp3) is 0.370. The number of benzene rings is 2. The first-order valence-electron chi connectivity index (χ1n) is 11.5. The van der Waals surface area contributed by atoms with E-state index in [2.05, 4.69) is 17.5 Å². The first-order chi connectivity index (χ1) is 15.5. The molecular formula is C27H26N2O3. The number of carbonyl (C=O) groups excluding carboxylic acids is 3. The zero-order valence-electron chi connectivity index (χ0n) is 18.0. The van der Waals surface area contributed by atoms with Crippen molar-refractivity contribution in [2.75, 3.05) is 5.32 Å². The molecule has 32 heavy (non-hydrogen) atoms. The van der Waals surface area contributed by atoms with E-state index in [1.54, 1.807) is 0 Å². The number of carbonyl (C=O) groups is 3. The van der Waals surface area contributed by atoms with Gasteiger partial charge in [-0.05, 0) is 54.2 Å². The lowest BCUT2D eigenvalue weighted by Gasteiger charge is -2.37. The molecule has 5 aliphatic rings. The van der Waals surface area contributed by atoms with Crippen LogP contribution in [0.1, 0.15) is 17.5 Å². The molecule has 0 aromatic heterocycles. The molecule has 3 amide bonds. The quantitative estimate of drug-likeness (QED) is 0.587. The molecular weight excluding hydrogens is 400 g/mol. The average molecular weight is 427 g/mol. The molecule has 2 bridgehead atoms. The number of para-hydroxylation sites is 1. The van der Waals surface area contributed by atoms with Gasteiger partial charge in [0.1, 0.15) is 6.04 Å². The van der Waals surface area contributed by atoms with Gasteiger partial charge >= 0.3 is 0 Å². The summed E-state index contributed by atoms with van der Waals surface area (Å²) in [7, 11) is 0. The molecule has 2 aromatic carbocycles. The van der Waals surface area contributed by atoms with Gasteiger partial charge in [-0.1, -0.05) is 60.7 Å². The number of hydrogen-bond donors (Lipinski definition) is 1. The number of rotatable bonds is 5. The van der Waals surface area contributed by atoms with Gasteiger partial charge in [0.05, 0.1) is 11.8 Å². The Hall–Kier alpha value is -3.21. The summed E-state index contributed by atoms with van der Waals surface area (Å²) in [6.45, 7) is 1.93. The van der Waals surface area contributed by atoms with Crippen LogP contribution in [0.25, 0.3) is 0 Å². The molecule has 3 fully saturated rings. The monoisotopic (exact) mass is 426 g/mol. The van der Waals surface area contributed by atoms with Gasteiger partial charge in [0, 0.05) is 12.1 Å². The van der Waals surface area contributed by atoms with Crippen LogP contribution in [0.2, 0.25) is 0 Å². The fourth-order valence-corrected chi connectivity index (χ4v) is 6.35. The molecule has 1 N–H and O–H groups in total. The van der Waals surface area contributed by atoms with Crippen LogP contribution in [0.15, 0.2) is 66.7 Å². The van der Waals surface area contributed by atoms with Gasteiger partial charge in [-0.2, -0.15) is 0 Å². The van der Waals surface area contributed by atoms with Crippen LogP contribution in [0.3, 0.4) is 0 Å². The van der Waals surface area contributed by atoms with Crippen molar-refractivity contribution in [2.45, 2.75) is 25.8 Å². The number of amides is 3. The third kappa shape index (κ3) is 2.87. The maximum absolute atomic E-state index is 13.7. The molecule has 2 saturated carbocycles. The normalized spacial score (nSPS) is 32.5. The van der Waals surface area contributed by atoms with Crippen molar-refractivity contribution in [2.24, 2.45) is 35.5 Å². The number of hydrogen-bond acceptors (Lipinski definition) is 3. The average Bonchev–Trinajstić information content (AvgIpc) is 3.58. The zero-order valence-corrected chi connectivity index (χ0v) is 18.0. The second kappa shape index (κ2) is 7.16. The second-order valence-electron chi connectivity index (χ2n) is 9.71. The Bertz CT molecular complexity index is 1100. The van der Waals surface area contributed by atoms with E-state index in [1.807, 2.05) is 61.5 Å². The van der Waals surface area contributed by atoms with Gasteiger partial charge in [-0.3, -0.25) is 19.3 Å². The molecule has 162 valence electrons. The lowest BCUT2D eigenvalue weighted by molar-refractivity contribution is -0.146. The molecule has 1 heterocycles. The van der Waals surface area contributed by atoms with Gasteiger partial charge < -0.3 is 5.32 Å².